The van der Waals surface area contributed by atoms with Crippen LogP contribution in [0.4, 0.5) is 0 Å². The van der Waals surface area contributed by atoms with Crippen molar-refractivity contribution < 1.29 is 14.3 Å². The molecule has 4 heteroatoms. The van der Waals surface area contributed by atoms with Gasteiger partial charge in [-0.3, -0.25) is 4.79 Å². The van der Waals surface area contributed by atoms with Gasteiger partial charge in [0.2, 0.25) is 5.91 Å². The van der Waals surface area contributed by atoms with Crippen LogP contribution in [0.25, 0.3) is 0 Å². The predicted octanol–water partition coefficient (Wildman–Crippen LogP) is 1.70. The maximum Gasteiger partial charge on any atom is 0.246 e. The van der Waals surface area contributed by atoms with Gasteiger partial charge in [-0.05, 0) is 12.0 Å². The average Bonchev–Trinajstić information content (AvgIpc) is 2.42. The van der Waals surface area contributed by atoms with Gasteiger partial charge in [0.25, 0.3) is 0 Å². The molecule has 0 saturated heterocycles. The average molecular weight is 251 g/mol. The molecular formula is C14H21NO3. The quantitative estimate of drug-likeness (QED) is 0.802. The molecule has 0 spiro atoms. The Labute approximate surface area is 108 Å². The van der Waals surface area contributed by atoms with Gasteiger partial charge in [-0.1, -0.05) is 37.3 Å². The monoisotopic (exact) mass is 251 g/mol. The van der Waals surface area contributed by atoms with Crippen LogP contribution in [0.1, 0.15) is 18.9 Å². The van der Waals surface area contributed by atoms with E-state index in [1.165, 1.54) is 7.11 Å². The molecule has 1 amide bonds. The van der Waals surface area contributed by atoms with Crippen molar-refractivity contribution in [3.05, 3.63) is 35.9 Å². The Hall–Kier alpha value is -1.39. The van der Waals surface area contributed by atoms with Gasteiger partial charge in [-0.15, -0.1) is 0 Å². The topological polar surface area (TPSA) is 47.6 Å². The Morgan fingerprint density at radius 1 is 1.28 bits per heavy atom. The van der Waals surface area contributed by atoms with Crippen LogP contribution < -0.4 is 5.32 Å². The van der Waals surface area contributed by atoms with E-state index in [4.69, 9.17) is 9.47 Å². The van der Waals surface area contributed by atoms with Crippen molar-refractivity contribution >= 4 is 5.91 Å². The molecule has 0 radical (unpaired) electrons. The Balaban J connectivity index is 2.78. The summed E-state index contributed by atoms with van der Waals surface area (Å²) in [6.07, 6.45) is 0.779. The summed E-state index contributed by atoms with van der Waals surface area (Å²) in [5.41, 5.74) is 0.581. The smallest absolute Gasteiger partial charge is 0.246 e. The molecule has 18 heavy (non-hydrogen) atoms. The summed E-state index contributed by atoms with van der Waals surface area (Å²) < 4.78 is 10.4. The van der Waals surface area contributed by atoms with Crippen molar-refractivity contribution in [1.82, 2.24) is 5.32 Å². The van der Waals surface area contributed by atoms with Crippen molar-refractivity contribution in [1.29, 1.82) is 0 Å². The molecule has 0 aromatic heterocycles. The van der Waals surface area contributed by atoms with Gasteiger partial charge in [0.15, 0.2) is 0 Å². The largest absolute Gasteiger partial charge is 0.375 e. The normalized spacial score (nSPS) is 13.9. The maximum atomic E-state index is 11.5. The Kier molecular flexibility index (Phi) is 5.82. The molecule has 1 atom stereocenters. The third kappa shape index (κ3) is 3.55. The fourth-order valence-corrected chi connectivity index (χ4v) is 1.93. The molecule has 1 aromatic rings. The number of benzene rings is 1. The maximum absolute atomic E-state index is 11.5. The molecule has 4 nitrogen and oxygen atoms in total. The molecule has 1 aromatic carbocycles. The number of carbonyl (C=O) groups excluding carboxylic acids is 1. The van der Waals surface area contributed by atoms with Crippen molar-refractivity contribution in [3.8, 4) is 0 Å². The fraction of sp³-hybridized carbons (Fsp3) is 0.500. The highest BCUT2D eigenvalue weighted by Gasteiger charge is 2.30. The number of methoxy groups -OCH3 is 2. The second-order valence-corrected chi connectivity index (χ2v) is 4.13. The minimum atomic E-state index is -0.481. The highest BCUT2D eigenvalue weighted by Crippen LogP contribution is 2.27. The number of nitrogens with one attached hydrogen (secondary N) is 1. The van der Waals surface area contributed by atoms with E-state index in [0.29, 0.717) is 6.54 Å². The Bertz CT molecular complexity index is 361. The third-order valence-electron chi connectivity index (χ3n) is 3.11. The van der Waals surface area contributed by atoms with Crippen molar-refractivity contribution in [2.24, 2.45) is 0 Å². The van der Waals surface area contributed by atoms with E-state index in [2.05, 4.69) is 5.32 Å². The lowest BCUT2D eigenvalue weighted by atomic mass is 9.90. The number of ether oxygens (including phenoxy) is 2. The van der Waals surface area contributed by atoms with Crippen molar-refractivity contribution in [3.63, 3.8) is 0 Å². The summed E-state index contributed by atoms with van der Waals surface area (Å²) in [6, 6.07) is 9.92. The molecule has 0 heterocycles. The van der Waals surface area contributed by atoms with Gasteiger partial charge < -0.3 is 14.8 Å². The number of carbonyl (C=O) groups is 1. The first-order valence-electron chi connectivity index (χ1n) is 6.05. The first kappa shape index (κ1) is 14.7. The van der Waals surface area contributed by atoms with Gasteiger partial charge in [-0.25, -0.2) is 0 Å². The lowest BCUT2D eigenvalue weighted by molar-refractivity contribution is -0.126. The lowest BCUT2D eigenvalue weighted by Crippen LogP contribution is -2.42. The lowest BCUT2D eigenvalue weighted by Gasteiger charge is -2.32. The van der Waals surface area contributed by atoms with Gasteiger partial charge >= 0.3 is 0 Å². The number of hydrogen-bond acceptors (Lipinski definition) is 3. The first-order chi connectivity index (χ1) is 8.68. The summed E-state index contributed by atoms with van der Waals surface area (Å²) in [6.45, 7) is 2.55. The molecule has 0 aliphatic heterocycles. The highest BCUT2D eigenvalue weighted by atomic mass is 16.5. The van der Waals surface area contributed by atoms with Crippen LogP contribution in [0.15, 0.2) is 30.3 Å². The molecule has 1 N–H and O–H groups in total. The van der Waals surface area contributed by atoms with Crippen LogP contribution in [-0.2, 0) is 19.9 Å². The highest BCUT2D eigenvalue weighted by molar-refractivity contribution is 5.77. The predicted molar refractivity (Wildman–Crippen MR) is 70.3 cm³/mol. The minimum Gasteiger partial charge on any atom is -0.375 e. The van der Waals surface area contributed by atoms with E-state index in [1.54, 1.807) is 7.11 Å². The zero-order valence-electron chi connectivity index (χ0n) is 11.2. The summed E-state index contributed by atoms with van der Waals surface area (Å²) >= 11 is 0. The van der Waals surface area contributed by atoms with Crippen molar-refractivity contribution in [2.75, 3.05) is 27.4 Å². The molecule has 0 fully saturated rings. The molecule has 0 aliphatic carbocycles. The van der Waals surface area contributed by atoms with Gasteiger partial charge in [0.1, 0.15) is 12.2 Å². The summed E-state index contributed by atoms with van der Waals surface area (Å²) in [7, 11) is 3.17. The van der Waals surface area contributed by atoms with E-state index < -0.39 is 5.60 Å². The van der Waals surface area contributed by atoms with Crippen LogP contribution in [0.3, 0.4) is 0 Å². The number of amides is 1. The van der Waals surface area contributed by atoms with E-state index in [0.717, 1.165) is 12.0 Å². The van der Waals surface area contributed by atoms with Crippen LogP contribution in [0.2, 0.25) is 0 Å². The molecule has 100 valence electrons. The molecule has 1 rings (SSSR count). The van der Waals surface area contributed by atoms with E-state index >= 15 is 0 Å². The van der Waals surface area contributed by atoms with Gasteiger partial charge in [0.05, 0.1) is 6.54 Å². The number of rotatable bonds is 7. The zero-order valence-corrected chi connectivity index (χ0v) is 11.2. The fourth-order valence-electron chi connectivity index (χ4n) is 1.93. The SMILES string of the molecule is CCC(CNC(=O)COC)(OC)c1ccccc1. The van der Waals surface area contributed by atoms with Crippen LogP contribution in [-0.4, -0.2) is 33.3 Å². The van der Waals surface area contributed by atoms with Gasteiger partial charge in [0, 0.05) is 14.2 Å². The zero-order chi connectivity index (χ0) is 13.4. The minimum absolute atomic E-state index is 0.0678. The van der Waals surface area contributed by atoms with Crippen molar-refractivity contribution in [2.45, 2.75) is 18.9 Å². The van der Waals surface area contributed by atoms with Crippen LogP contribution >= 0.6 is 0 Å². The number of hydrogen-bond donors (Lipinski definition) is 1. The molecule has 0 saturated carbocycles. The second kappa shape index (κ2) is 7.13. The Morgan fingerprint density at radius 2 is 1.94 bits per heavy atom. The molecule has 0 aliphatic rings. The van der Waals surface area contributed by atoms with Crippen LogP contribution in [0, 0.1) is 0 Å². The van der Waals surface area contributed by atoms with Gasteiger partial charge in [-0.2, -0.15) is 0 Å². The summed E-state index contributed by atoms with van der Waals surface area (Å²) in [5, 5.41) is 2.84. The van der Waals surface area contributed by atoms with E-state index in [-0.39, 0.29) is 12.5 Å². The third-order valence-corrected chi connectivity index (χ3v) is 3.11. The molecular weight excluding hydrogens is 230 g/mol. The first-order valence-corrected chi connectivity index (χ1v) is 6.05. The molecule has 1 unspecified atom stereocenters. The van der Waals surface area contributed by atoms with E-state index in [9.17, 15) is 4.79 Å². The standard InChI is InChI=1S/C14H21NO3/c1-4-14(18-3,11-15-13(16)10-17-2)12-8-6-5-7-9-12/h5-9H,4,10-11H2,1-3H3,(H,15,16). The molecule has 0 bridgehead atoms. The summed E-state index contributed by atoms with van der Waals surface area (Å²) in [4.78, 5) is 11.5. The van der Waals surface area contributed by atoms with E-state index in [1.807, 2.05) is 37.3 Å². The second-order valence-electron chi connectivity index (χ2n) is 4.13. The Morgan fingerprint density at radius 3 is 2.44 bits per heavy atom. The van der Waals surface area contributed by atoms with Crippen LogP contribution in [0.5, 0.6) is 0 Å². The summed E-state index contributed by atoms with van der Waals surface area (Å²) in [5.74, 6) is -0.136.